The van der Waals surface area contributed by atoms with Gasteiger partial charge in [0.05, 0.1) is 5.92 Å². The molecule has 0 bridgehead atoms. The van der Waals surface area contributed by atoms with Gasteiger partial charge in [0.15, 0.2) is 17.4 Å². The first-order valence-corrected chi connectivity index (χ1v) is 6.30. The molecule has 0 saturated heterocycles. The minimum Gasteiger partial charge on any atom is -0.297 e. The molecule has 1 unspecified atom stereocenters. The molecule has 0 spiro atoms. The Bertz CT molecular complexity index is 673. The minimum absolute atomic E-state index is 0.0867. The van der Waals surface area contributed by atoms with Crippen LogP contribution in [-0.2, 0) is 4.79 Å². The van der Waals surface area contributed by atoms with Crippen LogP contribution in [0.2, 0.25) is 5.02 Å². The van der Waals surface area contributed by atoms with Gasteiger partial charge < -0.3 is 0 Å². The number of allylic oxidation sites excluding steroid dienone is 2. The summed E-state index contributed by atoms with van der Waals surface area (Å²) in [4.78, 5) is 24.8. The quantitative estimate of drug-likeness (QED) is 0.512. The summed E-state index contributed by atoms with van der Waals surface area (Å²) in [6, 6.07) is 6.35. The Balaban J connectivity index is 1.94. The highest BCUT2D eigenvalue weighted by Gasteiger charge is 2.38. The van der Waals surface area contributed by atoms with Crippen LogP contribution in [0, 0.1) is 5.92 Å². The first-order chi connectivity index (χ1) is 9.66. The summed E-state index contributed by atoms with van der Waals surface area (Å²) in [6.45, 7) is 0. The molecule has 0 amide bonds. The van der Waals surface area contributed by atoms with E-state index in [0.717, 1.165) is 0 Å². The van der Waals surface area contributed by atoms with Crippen LogP contribution in [0.15, 0.2) is 36.4 Å². The summed E-state index contributed by atoms with van der Waals surface area (Å²) >= 11 is 5.79. The van der Waals surface area contributed by atoms with Gasteiger partial charge in [-0.2, -0.15) is 5.21 Å². The van der Waals surface area contributed by atoms with Crippen LogP contribution in [0.3, 0.4) is 0 Å². The predicted molar refractivity (Wildman–Crippen MR) is 70.3 cm³/mol. The highest BCUT2D eigenvalue weighted by atomic mass is 35.5. The summed E-state index contributed by atoms with van der Waals surface area (Å²) < 4.78 is 0. The standard InChI is InChI=1S/C13H9ClN4O2/c14-9-5-3-8(4-6-9)12(20)10(11(19)7-1-2-7)13-15-17-18-16-13/h1-7,10H,(H,15,16,17,18). The third-order valence-corrected chi connectivity index (χ3v) is 3.26. The lowest BCUT2D eigenvalue weighted by Gasteiger charge is -2.10. The second kappa shape index (κ2) is 4.97. The van der Waals surface area contributed by atoms with Gasteiger partial charge in [0.25, 0.3) is 0 Å². The number of aromatic nitrogens is 4. The Labute approximate surface area is 118 Å². The number of halogens is 1. The van der Waals surface area contributed by atoms with E-state index in [9.17, 15) is 9.59 Å². The smallest absolute Gasteiger partial charge is 0.192 e. The predicted octanol–water partition coefficient (Wildman–Crippen LogP) is 1.57. The molecule has 1 aliphatic rings. The normalized spacial score (nSPS) is 15.1. The van der Waals surface area contributed by atoms with Crippen molar-refractivity contribution in [2.24, 2.45) is 5.92 Å². The number of Topliss-reactive ketones (excluding diaryl/α,β-unsaturated/α-hetero) is 2. The van der Waals surface area contributed by atoms with Crippen molar-refractivity contribution in [2.75, 3.05) is 0 Å². The van der Waals surface area contributed by atoms with E-state index in [4.69, 9.17) is 11.6 Å². The molecule has 6 nitrogen and oxygen atoms in total. The van der Waals surface area contributed by atoms with Crippen LogP contribution in [0.1, 0.15) is 22.1 Å². The topological polar surface area (TPSA) is 88.6 Å². The SMILES string of the molecule is O=C(c1ccc(Cl)cc1)C(C(=O)C1C=C1)c1nn[nH]n1. The number of nitrogens with zero attached hydrogens (tertiary/aromatic N) is 3. The van der Waals surface area contributed by atoms with E-state index >= 15 is 0 Å². The second-order valence-corrected chi connectivity index (χ2v) is 4.82. The van der Waals surface area contributed by atoms with E-state index in [1.165, 1.54) is 0 Å². The molecule has 20 heavy (non-hydrogen) atoms. The molecule has 1 heterocycles. The molecule has 0 saturated carbocycles. The lowest BCUT2D eigenvalue weighted by Crippen LogP contribution is -2.25. The molecule has 0 aliphatic heterocycles. The number of hydrogen-bond acceptors (Lipinski definition) is 5. The van der Waals surface area contributed by atoms with Crippen LogP contribution >= 0.6 is 11.6 Å². The Hall–Kier alpha value is -2.34. The van der Waals surface area contributed by atoms with Crippen molar-refractivity contribution in [2.45, 2.75) is 5.92 Å². The summed E-state index contributed by atoms with van der Waals surface area (Å²) in [5.74, 6) is -1.87. The molecular formula is C13H9ClN4O2. The lowest BCUT2D eigenvalue weighted by atomic mass is 9.90. The van der Waals surface area contributed by atoms with Crippen LogP contribution < -0.4 is 0 Å². The molecular weight excluding hydrogens is 280 g/mol. The maximum atomic E-state index is 12.5. The maximum Gasteiger partial charge on any atom is 0.192 e. The molecule has 3 rings (SSSR count). The van der Waals surface area contributed by atoms with Gasteiger partial charge in [0.1, 0.15) is 5.92 Å². The fourth-order valence-corrected chi connectivity index (χ4v) is 2.01. The summed E-state index contributed by atoms with van der Waals surface area (Å²) in [7, 11) is 0. The highest BCUT2D eigenvalue weighted by molar-refractivity contribution is 6.30. The minimum atomic E-state index is -1.05. The van der Waals surface area contributed by atoms with E-state index in [2.05, 4.69) is 20.6 Å². The second-order valence-electron chi connectivity index (χ2n) is 4.39. The van der Waals surface area contributed by atoms with E-state index in [1.807, 2.05) is 0 Å². The zero-order chi connectivity index (χ0) is 14.1. The van der Waals surface area contributed by atoms with Gasteiger partial charge in [-0.25, -0.2) is 0 Å². The van der Waals surface area contributed by atoms with Crippen molar-refractivity contribution in [3.8, 4) is 0 Å². The fourth-order valence-electron chi connectivity index (χ4n) is 1.88. The van der Waals surface area contributed by atoms with E-state index < -0.39 is 5.92 Å². The van der Waals surface area contributed by atoms with Gasteiger partial charge in [0.2, 0.25) is 0 Å². The van der Waals surface area contributed by atoms with E-state index in [0.29, 0.717) is 10.6 Å². The highest BCUT2D eigenvalue weighted by Crippen LogP contribution is 2.28. The van der Waals surface area contributed by atoms with Gasteiger partial charge in [-0.05, 0) is 24.3 Å². The van der Waals surface area contributed by atoms with Crippen LogP contribution in [0.25, 0.3) is 0 Å². The Morgan fingerprint density at radius 3 is 2.45 bits per heavy atom. The monoisotopic (exact) mass is 288 g/mol. The van der Waals surface area contributed by atoms with E-state index in [1.54, 1.807) is 36.4 Å². The molecule has 1 aromatic heterocycles. The number of ketones is 2. The number of rotatable bonds is 5. The Morgan fingerprint density at radius 1 is 1.20 bits per heavy atom. The summed E-state index contributed by atoms with van der Waals surface area (Å²) in [5.41, 5.74) is 0.387. The van der Waals surface area contributed by atoms with Gasteiger partial charge in [-0.3, -0.25) is 9.59 Å². The van der Waals surface area contributed by atoms with Crippen LogP contribution in [0.5, 0.6) is 0 Å². The molecule has 0 radical (unpaired) electrons. The van der Waals surface area contributed by atoms with Crippen molar-refractivity contribution in [1.82, 2.24) is 20.6 Å². The maximum absolute atomic E-state index is 12.5. The third kappa shape index (κ3) is 2.37. The number of benzene rings is 1. The molecule has 2 aromatic rings. The molecule has 1 atom stereocenters. The van der Waals surface area contributed by atoms with Gasteiger partial charge in [-0.15, -0.1) is 10.2 Å². The first kappa shape index (κ1) is 12.7. The van der Waals surface area contributed by atoms with Crippen LogP contribution in [-0.4, -0.2) is 32.2 Å². The van der Waals surface area contributed by atoms with Crippen molar-refractivity contribution < 1.29 is 9.59 Å². The number of carbonyl (C=O) groups is 2. The van der Waals surface area contributed by atoms with Crippen molar-refractivity contribution in [3.05, 3.63) is 52.8 Å². The van der Waals surface area contributed by atoms with Crippen molar-refractivity contribution in [1.29, 1.82) is 0 Å². The largest absolute Gasteiger partial charge is 0.297 e. The summed E-state index contributed by atoms with van der Waals surface area (Å²) in [5, 5.41) is 13.7. The van der Waals surface area contributed by atoms with E-state index in [-0.39, 0.29) is 23.3 Å². The molecule has 1 aliphatic carbocycles. The molecule has 1 aromatic carbocycles. The molecule has 1 N–H and O–H groups in total. The number of hydrogen-bond donors (Lipinski definition) is 1. The number of tetrazole rings is 1. The number of aromatic amines is 1. The Kier molecular flexibility index (Phi) is 3.15. The fraction of sp³-hybridized carbons (Fsp3) is 0.154. The lowest BCUT2D eigenvalue weighted by molar-refractivity contribution is -0.120. The van der Waals surface area contributed by atoms with Gasteiger partial charge >= 0.3 is 0 Å². The number of H-pyrrole nitrogens is 1. The average molecular weight is 289 g/mol. The van der Waals surface area contributed by atoms with Crippen molar-refractivity contribution >= 4 is 23.2 Å². The van der Waals surface area contributed by atoms with Crippen LogP contribution in [0.4, 0.5) is 0 Å². The molecule has 100 valence electrons. The third-order valence-electron chi connectivity index (χ3n) is 3.01. The zero-order valence-corrected chi connectivity index (χ0v) is 10.9. The van der Waals surface area contributed by atoms with Gasteiger partial charge in [-0.1, -0.05) is 29.0 Å². The number of nitrogens with one attached hydrogen (secondary N) is 1. The first-order valence-electron chi connectivity index (χ1n) is 5.92. The molecule has 7 heteroatoms. The zero-order valence-electron chi connectivity index (χ0n) is 10.2. The number of carbonyl (C=O) groups excluding carboxylic acids is 2. The summed E-state index contributed by atoms with van der Waals surface area (Å²) in [6.07, 6.45) is 3.45. The molecule has 0 fully saturated rings. The average Bonchev–Trinajstić information content (AvgIpc) is 3.17. The Morgan fingerprint density at radius 2 is 1.90 bits per heavy atom. The van der Waals surface area contributed by atoms with Crippen molar-refractivity contribution in [3.63, 3.8) is 0 Å². The van der Waals surface area contributed by atoms with Gasteiger partial charge in [0, 0.05) is 10.6 Å².